The molecule has 0 amide bonds. The predicted molar refractivity (Wildman–Crippen MR) is 229 cm³/mol. The molecule has 0 saturated carbocycles. The SMILES string of the molecule is c1ccc(-c2ncc(-c3ccc(-c4cccc5c6cccc7ccc8cccc(c9ccccc9c45)c8c76)c4ccccc34)nc2-c2ccccc2)cc1. The van der Waals surface area contributed by atoms with Gasteiger partial charge in [-0.3, -0.25) is 4.98 Å². The molecule has 54 heavy (non-hydrogen) atoms. The molecule has 250 valence electrons. The van der Waals surface area contributed by atoms with Crippen molar-refractivity contribution >= 4 is 64.6 Å². The van der Waals surface area contributed by atoms with Gasteiger partial charge in [-0.1, -0.05) is 188 Å². The van der Waals surface area contributed by atoms with Crippen molar-refractivity contribution in [2.24, 2.45) is 0 Å². The summed E-state index contributed by atoms with van der Waals surface area (Å²) in [5.74, 6) is 0. The Balaban J connectivity index is 1.21. The largest absolute Gasteiger partial charge is 0.252 e. The molecule has 0 aliphatic heterocycles. The quantitative estimate of drug-likeness (QED) is 0.172. The number of benzene rings is 9. The van der Waals surface area contributed by atoms with Crippen LogP contribution < -0.4 is 0 Å². The Bertz CT molecular complexity index is 3260. The molecule has 0 unspecified atom stereocenters. The van der Waals surface area contributed by atoms with Gasteiger partial charge in [0.15, 0.2) is 0 Å². The van der Waals surface area contributed by atoms with E-state index in [-0.39, 0.29) is 0 Å². The molecule has 0 aliphatic rings. The van der Waals surface area contributed by atoms with Crippen molar-refractivity contribution in [2.75, 3.05) is 0 Å². The second-order valence-corrected chi connectivity index (χ2v) is 14.0. The van der Waals surface area contributed by atoms with Crippen molar-refractivity contribution < 1.29 is 0 Å². The van der Waals surface area contributed by atoms with E-state index in [1.165, 1.54) is 70.4 Å². The molecule has 0 fully saturated rings. The second kappa shape index (κ2) is 12.2. The number of aromatic nitrogens is 2. The summed E-state index contributed by atoms with van der Waals surface area (Å²) in [5.41, 5.74) is 8.15. The first-order chi connectivity index (χ1) is 26.8. The van der Waals surface area contributed by atoms with Gasteiger partial charge in [-0.15, -0.1) is 0 Å². The molecule has 1 heterocycles. The highest BCUT2D eigenvalue weighted by atomic mass is 14.8. The van der Waals surface area contributed by atoms with Crippen LogP contribution in [0.1, 0.15) is 0 Å². The molecular weight excluding hydrogens is 653 g/mol. The molecule has 2 nitrogen and oxygen atoms in total. The van der Waals surface area contributed by atoms with E-state index in [9.17, 15) is 0 Å². The first-order valence-corrected chi connectivity index (χ1v) is 18.5. The van der Waals surface area contributed by atoms with Crippen LogP contribution in [0.15, 0.2) is 194 Å². The fourth-order valence-corrected chi connectivity index (χ4v) is 8.71. The van der Waals surface area contributed by atoms with E-state index < -0.39 is 0 Å². The highest BCUT2D eigenvalue weighted by molar-refractivity contribution is 6.34. The average molecular weight is 685 g/mol. The first-order valence-electron chi connectivity index (χ1n) is 18.5. The van der Waals surface area contributed by atoms with Crippen LogP contribution in [0.5, 0.6) is 0 Å². The Hall–Kier alpha value is -7.16. The minimum absolute atomic E-state index is 0.849. The molecule has 0 spiro atoms. The van der Waals surface area contributed by atoms with Crippen LogP contribution in [-0.2, 0) is 0 Å². The zero-order chi connectivity index (χ0) is 35.6. The van der Waals surface area contributed by atoms with Crippen LogP contribution in [0.4, 0.5) is 0 Å². The van der Waals surface area contributed by atoms with Crippen LogP contribution in [0.25, 0.3) is 110 Å². The Labute approximate surface area is 312 Å². The van der Waals surface area contributed by atoms with Crippen LogP contribution >= 0.6 is 0 Å². The zero-order valence-corrected chi connectivity index (χ0v) is 29.4. The summed E-state index contributed by atoms with van der Waals surface area (Å²) in [6, 6.07) is 67.8. The van der Waals surface area contributed by atoms with E-state index in [1.54, 1.807) is 0 Å². The van der Waals surface area contributed by atoms with Crippen molar-refractivity contribution in [1.29, 1.82) is 0 Å². The van der Waals surface area contributed by atoms with Gasteiger partial charge in [-0.2, -0.15) is 0 Å². The molecule has 1 aromatic heterocycles. The van der Waals surface area contributed by atoms with Crippen molar-refractivity contribution in [3.05, 3.63) is 194 Å². The second-order valence-electron chi connectivity index (χ2n) is 14.0. The number of hydrogen-bond donors (Lipinski definition) is 0. The lowest BCUT2D eigenvalue weighted by molar-refractivity contribution is 1.21. The fourth-order valence-electron chi connectivity index (χ4n) is 8.71. The van der Waals surface area contributed by atoms with Crippen molar-refractivity contribution in [3.8, 4) is 44.9 Å². The zero-order valence-electron chi connectivity index (χ0n) is 29.4. The summed E-state index contributed by atoms with van der Waals surface area (Å²) in [6.07, 6.45) is 1.93. The summed E-state index contributed by atoms with van der Waals surface area (Å²) >= 11 is 0. The third-order valence-corrected chi connectivity index (χ3v) is 11.1. The maximum absolute atomic E-state index is 5.36. The Kier molecular flexibility index (Phi) is 6.90. The highest BCUT2D eigenvalue weighted by Crippen LogP contribution is 2.45. The monoisotopic (exact) mass is 684 g/mol. The van der Waals surface area contributed by atoms with Crippen LogP contribution in [0.3, 0.4) is 0 Å². The van der Waals surface area contributed by atoms with E-state index in [2.05, 4.69) is 176 Å². The van der Waals surface area contributed by atoms with Gasteiger partial charge in [0.25, 0.3) is 0 Å². The number of fused-ring (bicyclic) bond motifs is 6. The minimum Gasteiger partial charge on any atom is -0.252 e. The lowest BCUT2D eigenvalue weighted by Gasteiger charge is -2.17. The van der Waals surface area contributed by atoms with E-state index >= 15 is 0 Å². The third kappa shape index (κ3) is 4.67. The van der Waals surface area contributed by atoms with Crippen LogP contribution in [-0.4, -0.2) is 9.97 Å². The van der Waals surface area contributed by atoms with Gasteiger partial charge < -0.3 is 0 Å². The topological polar surface area (TPSA) is 25.8 Å². The minimum atomic E-state index is 0.849. The molecular formula is C52H32N2. The normalized spacial score (nSPS) is 11.7. The van der Waals surface area contributed by atoms with Crippen molar-refractivity contribution in [3.63, 3.8) is 0 Å². The van der Waals surface area contributed by atoms with E-state index in [1.807, 2.05) is 18.3 Å². The number of rotatable bonds is 4. The Morgan fingerprint density at radius 1 is 0.278 bits per heavy atom. The van der Waals surface area contributed by atoms with Gasteiger partial charge in [0, 0.05) is 16.7 Å². The lowest BCUT2D eigenvalue weighted by Crippen LogP contribution is -1.97. The summed E-state index contributed by atoms with van der Waals surface area (Å²) < 4.78 is 0. The van der Waals surface area contributed by atoms with E-state index in [0.29, 0.717) is 0 Å². The molecule has 0 radical (unpaired) electrons. The summed E-state index contributed by atoms with van der Waals surface area (Å²) in [5, 5.41) is 15.0. The predicted octanol–water partition coefficient (Wildman–Crippen LogP) is 14.1. The molecule has 11 rings (SSSR count). The van der Waals surface area contributed by atoms with Crippen LogP contribution in [0, 0.1) is 0 Å². The first kappa shape index (κ1) is 30.5. The molecule has 0 atom stereocenters. The van der Waals surface area contributed by atoms with E-state index in [4.69, 9.17) is 9.97 Å². The molecule has 0 N–H and O–H groups in total. The molecule has 2 heteroatoms. The highest BCUT2D eigenvalue weighted by Gasteiger charge is 2.19. The van der Waals surface area contributed by atoms with Gasteiger partial charge in [-0.05, 0) is 75.8 Å². The van der Waals surface area contributed by atoms with Gasteiger partial charge in [0.05, 0.1) is 23.3 Å². The lowest BCUT2D eigenvalue weighted by atomic mass is 9.86. The maximum atomic E-state index is 5.36. The Morgan fingerprint density at radius 2 is 0.741 bits per heavy atom. The van der Waals surface area contributed by atoms with Gasteiger partial charge in [-0.25, -0.2) is 4.98 Å². The Morgan fingerprint density at radius 3 is 1.41 bits per heavy atom. The summed E-state index contributed by atoms with van der Waals surface area (Å²) in [6.45, 7) is 0. The van der Waals surface area contributed by atoms with Crippen molar-refractivity contribution in [2.45, 2.75) is 0 Å². The van der Waals surface area contributed by atoms with Crippen LogP contribution in [0.2, 0.25) is 0 Å². The molecule has 10 aromatic carbocycles. The fraction of sp³-hybridized carbons (Fsp3) is 0. The summed E-state index contributed by atoms with van der Waals surface area (Å²) in [4.78, 5) is 10.4. The molecule has 0 saturated heterocycles. The number of nitrogens with zero attached hydrogens (tertiary/aromatic N) is 2. The number of hydrogen-bond acceptors (Lipinski definition) is 2. The van der Waals surface area contributed by atoms with Crippen molar-refractivity contribution in [1.82, 2.24) is 9.97 Å². The van der Waals surface area contributed by atoms with Gasteiger partial charge >= 0.3 is 0 Å². The maximum Gasteiger partial charge on any atom is 0.0972 e. The molecule has 0 aliphatic carbocycles. The third-order valence-electron chi connectivity index (χ3n) is 11.1. The summed E-state index contributed by atoms with van der Waals surface area (Å²) in [7, 11) is 0. The molecule has 11 aromatic rings. The standard InChI is InChI=1S/C52H32N2/c1-3-14-35(15-4-1)51-52(36-16-5-2-6-17-36)54-47(32-53-51)41-31-30-40(37-20-7-8-21-38(37)41)44-26-13-27-46-45-25-12-19-34-29-28-33-18-11-24-42(48(33)49(34)45)39-22-9-10-23-43(39)50(44)46/h1-32H. The average Bonchev–Trinajstić information content (AvgIpc) is 3.25. The van der Waals surface area contributed by atoms with Gasteiger partial charge in [0.2, 0.25) is 0 Å². The van der Waals surface area contributed by atoms with Gasteiger partial charge in [0.1, 0.15) is 0 Å². The van der Waals surface area contributed by atoms with E-state index in [0.717, 1.165) is 39.2 Å². The molecule has 0 bridgehead atoms. The smallest absolute Gasteiger partial charge is 0.0972 e.